The van der Waals surface area contributed by atoms with E-state index in [0.717, 1.165) is 11.8 Å². The molecule has 1 aromatic carbocycles. The molecule has 2 fully saturated rings. The van der Waals surface area contributed by atoms with Crippen LogP contribution in [0.5, 0.6) is 0 Å². The zero-order valence-corrected chi connectivity index (χ0v) is 11.3. The Morgan fingerprint density at radius 3 is 2.39 bits per heavy atom. The third-order valence-corrected chi connectivity index (χ3v) is 4.06. The number of benzene rings is 1. The van der Waals surface area contributed by atoms with Crippen molar-refractivity contribution in [2.24, 2.45) is 0 Å². The average molecular weight is 245 g/mol. The Hall–Kier alpha value is -1.15. The van der Waals surface area contributed by atoms with Crippen LogP contribution in [-0.4, -0.2) is 31.8 Å². The Bertz CT molecular complexity index is 386. The van der Waals surface area contributed by atoms with E-state index in [2.05, 4.69) is 36.2 Å². The number of rotatable bonds is 2. The van der Waals surface area contributed by atoms with Gasteiger partial charge in [-0.15, -0.1) is 0 Å². The van der Waals surface area contributed by atoms with Gasteiger partial charge in [-0.3, -0.25) is 0 Å². The Balaban J connectivity index is 0.000000574. The van der Waals surface area contributed by atoms with E-state index in [9.17, 15) is 0 Å². The topological polar surface area (TPSA) is 20.3 Å². The SMILES string of the molecule is C=O.CN1CCCC(c2cccc(C3CC3)c2)C1. The molecule has 1 aliphatic carbocycles. The van der Waals surface area contributed by atoms with Crippen LogP contribution in [0.25, 0.3) is 0 Å². The summed E-state index contributed by atoms with van der Waals surface area (Å²) in [4.78, 5) is 10.5. The third-order valence-electron chi connectivity index (χ3n) is 4.06. The minimum atomic E-state index is 0.775. The van der Waals surface area contributed by atoms with E-state index < -0.39 is 0 Å². The fourth-order valence-electron chi connectivity index (χ4n) is 2.92. The molecular weight excluding hydrogens is 222 g/mol. The maximum Gasteiger partial charge on any atom is 0.106 e. The van der Waals surface area contributed by atoms with E-state index in [0.29, 0.717) is 0 Å². The Labute approximate surface area is 110 Å². The van der Waals surface area contributed by atoms with Gasteiger partial charge in [0.15, 0.2) is 0 Å². The first-order valence-corrected chi connectivity index (χ1v) is 6.90. The van der Waals surface area contributed by atoms with E-state index in [4.69, 9.17) is 4.79 Å². The summed E-state index contributed by atoms with van der Waals surface area (Å²) in [6.45, 7) is 4.52. The quantitative estimate of drug-likeness (QED) is 0.797. The molecule has 1 atom stereocenters. The lowest BCUT2D eigenvalue weighted by molar-refractivity contribution is -0.0979. The van der Waals surface area contributed by atoms with Crippen molar-refractivity contribution in [3.8, 4) is 0 Å². The maximum atomic E-state index is 8.00. The molecule has 1 aliphatic heterocycles. The highest BCUT2D eigenvalue weighted by Gasteiger charge is 2.25. The predicted octanol–water partition coefficient (Wildman–Crippen LogP) is 3.19. The molecule has 2 nitrogen and oxygen atoms in total. The van der Waals surface area contributed by atoms with Crippen LogP contribution in [0.3, 0.4) is 0 Å². The standard InChI is InChI=1S/C15H21N.CH2O/c1-16-9-3-6-15(11-16)14-5-2-4-13(10-14)12-7-8-12;1-2/h2,4-5,10,12,15H,3,6-9,11H2,1H3;1H2. The fourth-order valence-corrected chi connectivity index (χ4v) is 2.92. The van der Waals surface area contributed by atoms with Crippen molar-refractivity contribution in [3.05, 3.63) is 35.4 Å². The van der Waals surface area contributed by atoms with Crippen molar-refractivity contribution in [2.75, 3.05) is 20.1 Å². The average Bonchev–Trinajstić information content (AvgIpc) is 3.26. The molecule has 0 bridgehead atoms. The summed E-state index contributed by atoms with van der Waals surface area (Å²) < 4.78 is 0. The molecule has 0 radical (unpaired) electrons. The number of likely N-dealkylation sites (N-methyl/N-ethyl adjacent to an activating group) is 1. The van der Waals surface area contributed by atoms with Gasteiger partial charge in [0.1, 0.15) is 6.79 Å². The van der Waals surface area contributed by atoms with Crippen molar-refractivity contribution in [3.63, 3.8) is 0 Å². The molecule has 1 aromatic rings. The number of piperidine rings is 1. The number of carbonyl (C=O) groups excluding carboxylic acids is 1. The van der Waals surface area contributed by atoms with E-state index >= 15 is 0 Å². The minimum absolute atomic E-state index is 0.775. The summed E-state index contributed by atoms with van der Waals surface area (Å²) in [7, 11) is 2.25. The van der Waals surface area contributed by atoms with Gasteiger partial charge >= 0.3 is 0 Å². The normalized spacial score (nSPS) is 24.2. The highest BCUT2D eigenvalue weighted by Crippen LogP contribution is 2.41. The number of nitrogens with zero attached hydrogens (tertiary/aromatic N) is 1. The second kappa shape index (κ2) is 6.14. The van der Waals surface area contributed by atoms with Gasteiger partial charge in [-0.05, 0) is 62.2 Å². The second-order valence-electron chi connectivity index (χ2n) is 5.55. The van der Waals surface area contributed by atoms with Gasteiger partial charge in [-0.25, -0.2) is 0 Å². The van der Waals surface area contributed by atoms with Crippen LogP contribution in [0.2, 0.25) is 0 Å². The Kier molecular flexibility index (Phi) is 4.54. The van der Waals surface area contributed by atoms with E-state index in [1.54, 1.807) is 11.1 Å². The number of likely N-dealkylation sites (tertiary alicyclic amines) is 1. The maximum absolute atomic E-state index is 8.00. The van der Waals surface area contributed by atoms with Gasteiger partial charge in [0, 0.05) is 6.54 Å². The smallest absolute Gasteiger partial charge is 0.106 e. The van der Waals surface area contributed by atoms with Gasteiger partial charge in [0.05, 0.1) is 0 Å². The molecule has 1 saturated heterocycles. The molecule has 0 amide bonds. The monoisotopic (exact) mass is 245 g/mol. The zero-order chi connectivity index (χ0) is 13.0. The van der Waals surface area contributed by atoms with Gasteiger partial charge in [0.25, 0.3) is 0 Å². The van der Waals surface area contributed by atoms with Crippen molar-refractivity contribution < 1.29 is 4.79 Å². The summed E-state index contributed by atoms with van der Waals surface area (Å²) in [6, 6.07) is 9.38. The van der Waals surface area contributed by atoms with Crippen molar-refractivity contribution in [1.82, 2.24) is 4.90 Å². The fraction of sp³-hybridized carbons (Fsp3) is 0.562. The van der Waals surface area contributed by atoms with E-state index in [1.807, 2.05) is 6.79 Å². The van der Waals surface area contributed by atoms with Gasteiger partial charge in [-0.2, -0.15) is 0 Å². The lowest BCUT2D eigenvalue weighted by Crippen LogP contribution is -2.30. The second-order valence-corrected chi connectivity index (χ2v) is 5.55. The van der Waals surface area contributed by atoms with Crippen LogP contribution < -0.4 is 0 Å². The van der Waals surface area contributed by atoms with Crippen LogP contribution in [0.15, 0.2) is 24.3 Å². The van der Waals surface area contributed by atoms with Crippen LogP contribution in [0, 0.1) is 0 Å². The van der Waals surface area contributed by atoms with Crippen molar-refractivity contribution in [1.29, 1.82) is 0 Å². The summed E-state index contributed by atoms with van der Waals surface area (Å²) in [5, 5.41) is 0. The van der Waals surface area contributed by atoms with Gasteiger partial charge in [-0.1, -0.05) is 24.3 Å². The Morgan fingerprint density at radius 2 is 1.78 bits per heavy atom. The van der Waals surface area contributed by atoms with E-state index in [-0.39, 0.29) is 0 Å². The predicted molar refractivity (Wildman–Crippen MR) is 75.0 cm³/mol. The van der Waals surface area contributed by atoms with E-state index in [1.165, 1.54) is 38.8 Å². The highest BCUT2D eigenvalue weighted by atomic mass is 16.1. The first kappa shape index (κ1) is 13.3. The van der Waals surface area contributed by atoms with Crippen LogP contribution in [-0.2, 0) is 4.79 Å². The lowest BCUT2D eigenvalue weighted by Gasteiger charge is -2.30. The molecule has 2 heteroatoms. The molecule has 1 unspecified atom stereocenters. The van der Waals surface area contributed by atoms with Crippen LogP contribution >= 0.6 is 0 Å². The van der Waals surface area contributed by atoms with Gasteiger partial charge in [0.2, 0.25) is 0 Å². The molecule has 2 aliphatic rings. The number of carbonyl (C=O) groups is 1. The van der Waals surface area contributed by atoms with Crippen molar-refractivity contribution in [2.45, 2.75) is 37.5 Å². The molecule has 3 rings (SSSR count). The van der Waals surface area contributed by atoms with Crippen LogP contribution in [0.4, 0.5) is 0 Å². The molecule has 0 spiro atoms. The number of hydrogen-bond donors (Lipinski definition) is 0. The molecular formula is C16H23NO. The molecule has 98 valence electrons. The summed E-state index contributed by atoms with van der Waals surface area (Å²) >= 11 is 0. The zero-order valence-electron chi connectivity index (χ0n) is 11.3. The molecule has 18 heavy (non-hydrogen) atoms. The summed E-state index contributed by atoms with van der Waals surface area (Å²) in [5.41, 5.74) is 3.17. The summed E-state index contributed by atoms with van der Waals surface area (Å²) in [6.07, 6.45) is 5.55. The first-order chi connectivity index (χ1) is 8.83. The lowest BCUT2D eigenvalue weighted by atomic mass is 9.89. The first-order valence-electron chi connectivity index (χ1n) is 6.90. The van der Waals surface area contributed by atoms with Gasteiger partial charge < -0.3 is 9.69 Å². The van der Waals surface area contributed by atoms with Crippen molar-refractivity contribution >= 4 is 6.79 Å². The molecule has 1 heterocycles. The highest BCUT2D eigenvalue weighted by molar-refractivity contribution is 5.31. The molecule has 0 aromatic heterocycles. The minimum Gasteiger partial charge on any atom is -0.307 e. The summed E-state index contributed by atoms with van der Waals surface area (Å²) in [5.74, 6) is 1.67. The molecule has 1 saturated carbocycles. The Morgan fingerprint density at radius 1 is 1.11 bits per heavy atom. The number of hydrogen-bond acceptors (Lipinski definition) is 2. The largest absolute Gasteiger partial charge is 0.307 e. The van der Waals surface area contributed by atoms with Crippen LogP contribution in [0.1, 0.15) is 48.6 Å². The molecule has 0 N–H and O–H groups in total. The third kappa shape index (κ3) is 3.20.